The quantitative estimate of drug-likeness (QED) is 0.490. The second-order valence-electron chi connectivity index (χ2n) is 4.03. The van der Waals surface area contributed by atoms with Crippen molar-refractivity contribution in [1.82, 2.24) is 4.90 Å². The number of thiol groups is 1. The summed E-state index contributed by atoms with van der Waals surface area (Å²) in [6.07, 6.45) is 0. The molecule has 2 rings (SSSR count). The van der Waals surface area contributed by atoms with Gasteiger partial charge in [-0.1, -0.05) is 11.7 Å². The maximum absolute atomic E-state index is 4.06. The zero-order chi connectivity index (χ0) is 11.4. The Morgan fingerprint density at radius 1 is 1.12 bits per heavy atom. The third kappa shape index (κ3) is 2.99. The van der Waals surface area contributed by atoms with Crippen LogP contribution in [0.5, 0.6) is 0 Å². The van der Waals surface area contributed by atoms with Crippen molar-refractivity contribution in [2.75, 3.05) is 42.8 Å². The monoisotopic (exact) mass is 255 g/mol. The number of benzene rings is 1. The number of nitrogens with one attached hydrogen (secondary N) is 1. The highest BCUT2D eigenvalue weighted by Gasteiger charge is 2.13. The molecule has 1 aromatic carbocycles. The van der Waals surface area contributed by atoms with Crippen LogP contribution in [-0.2, 0) is 0 Å². The van der Waals surface area contributed by atoms with Crippen molar-refractivity contribution in [2.45, 2.75) is 0 Å². The number of hydrogen-bond donors (Lipinski definition) is 2. The second-order valence-corrected chi connectivity index (χ2v) is 4.96. The lowest BCUT2D eigenvalue weighted by molar-refractivity contribution is 0.313. The molecule has 0 radical (unpaired) electrons. The highest BCUT2D eigenvalue weighted by molar-refractivity contribution is 8.69. The number of rotatable bonds is 3. The Morgan fingerprint density at radius 3 is 2.31 bits per heavy atom. The van der Waals surface area contributed by atoms with Crippen molar-refractivity contribution in [3.05, 3.63) is 24.3 Å². The first kappa shape index (κ1) is 12.0. The molecular weight excluding hydrogens is 238 g/mol. The van der Waals surface area contributed by atoms with E-state index in [-0.39, 0.29) is 0 Å². The van der Waals surface area contributed by atoms with Gasteiger partial charge in [0.1, 0.15) is 0 Å². The summed E-state index contributed by atoms with van der Waals surface area (Å²) in [5.74, 6) is 0. The first-order valence-electron chi connectivity index (χ1n) is 5.39. The molecule has 0 saturated carbocycles. The molecule has 1 aliphatic heterocycles. The minimum Gasteiger partial charge on any atom is -0.369 e. The Hall–Kier alpha value is -0.520. The molecule has 1 aliphatic rings. The lowest BCUT2D eigenvalue weighted by Gasteiger charge is -2.34. The topological polar surface area (TPSA) is 18.5 Å². The SMILES string of the molecule is CN1CCN(c2ccc(NSS)cc2)CC1. The largest absolute Gasteiger partial charge is 0.369 e. The highest BCUT2D eigenvalue weighted by atomic mass is 33.1. The molecule has 1 fully saturated rings. The molecule has 1 saturated heterocycles. The van der Waals surface area contributed by atoms with Crippen LogP contribution < -0.4 is 9.62 Å². The maximum Gasteiger partial charge on any atom is 0.0449 e. The number of anilines is 2. The van der Waals surface area contributed by atoms with Crippen LogP contribution in [0.2, 0.25) is 0 Å². The third-order valence-corrected chi connectivity index (χ3v) is 3.50. The van der Waals surface area contributed by atoms with Crippen LogP contribution in [0.25, 0.3) is 0 Å². The molecule has 16 heavy (non-hydrogen) atoms. The fraction of sp³-hybridized carbons (Fsp3) is 0.455. The van der Waals surface area contributed by atoms with Gasteiger partial charge >= 0.3 is 0 Å². The smallest absolute Gasteiger partial charge is 0.0449 e. The molecule has 1 N–H and O–H groups in total. The maximum atomic E-state index is 4.06. The van der Waals surface area contributed by atoms with Gasteiger partial charge in [-0.25, -0.2) is 0 Å². The summed E-state index contributed by atoms with van der Waals surface area (Å²) >= 11 is 4.06. The van der Waals surface area contributed by atoms with E-state index in [4.69, 9.17) is 0 Å². The van der Waals surface area contributed by atoms with E-state index in [1.54, 1.807) is 0 Å². The Kier molecular flexibility index (Phi) is 4.26. The Labute approximate surface area is 106 Å². The predicted octanol–water partition coefficient (Wildman–Crippen LogP) is 2.34. The molecule has 88 valence electrons. The number of piperazine rings is 1. The van der Waals surface area contributed by atoms with Gasteiger partial charge in [0.25, 0.3) is 0 Å². The normalized spacial score (nSPS) is 17.5. The fourth-order valence-electron chi connectivity index (χ4n) is 1.86. The Bertz CT molecular complexity index is 321. The van der Waals surface area contributed by atoms with E-state index >= 15 is 0 Å². The van der Waals surface area contributed by atoms with E-state index in [9.17, 15) is 0 Å². The van der Waals surface area contributed by atoms with Gasteiger partial charge in [-0.05, 0) is 31.3 Å². The molecule has 3 nitrogen and oxygen atoms in total. The summed E-state index contributed by atoms with van der Waals surface area (Å²) in [6.45, 7) is 4.52. The van der Waals surface area contributed by atoms with E-state index in [0.717, 1.165) is 31.9 Å². The minimum absolute atomic E-state index is 1.10. The van der Waals surface area contributed by atoms with Crippen molar-refractivity contribution in [3.63, 3.8) is 0 Å². The van der Waals surface area contributed by atoms with Crippen molar-refractivity contribution in [2.24, 2.45) is 0 Å². The molecule has 0 spiro atoms. The van der Waals surface area contributed by atoms with Gasteiger partial charge in [-0.2, -0.15) is 0 Å². The average Bonchev–Trinajstić information content (AvgIpc) is 2.32. The molecule has 5 heteroatoms. The van der Waals surface area contributed by atoms with Gasteiger partial charge < -0.3 is 14.5 Å². The van der Waals surface area contributed by atoms with E-state index in [2.05, 4.69) is 57.5 Å². The molecular formula is C11H17N3S2. The third-order valence-electron chi connectivity index (χ3n) is 2.90. The van der Waals surface area contributed by atoms with E-state index in [1.807, 2.05) is 0 Å². The van der Waals surface area contributed by atoms with Crippen molar-refractivity contribution in [3.8, 4) is 0 Å². The number of hydrogen-bond acceptors (Lipinski definition) is 5. The molecule has 0 aromatic heterocycles. The van der Waals surface area contributed by atoms with Gasteiger partial charge in [0.2, 0.25) is 0 Å². The molecule has 1 aromatic rings. The summed E-state index contributed by atoms with van der Waals surface area (Å²) in [5, 5.41) is 0. The lowest BCUT2D eigenvalue weighted by atomic mass is 10.2. The second kappa shape index (κ2) is 5.70. The summed E-state index contributed by atoms with van der Waals surface area (Å²) in [6, 6.07) is 8.52. The minimum atomic E-state index is 1.10. The van der Waals surface area contributed by atoms with Gasteiger partial charge in [0.05, 0.1) is 0 Å². The van der Waals surface area contributed by atoms with Crippen molar-refractivity contribution >= 4 is 34.0 Å². The summed E-state index contributed by atoms with van der Waals surface area (Å²) in [4.78, 5) is 4.79. The van der Waals surface area contributed by atoms with Crippen molar-refractivity contribution < 1.29 is 0 Å². The number of nitrogens with zero attached hydrogens (tertiary/aromatic N) is 2. The van der Waals surface area contributed by atoms with E-state index in [0.29, 0.717) is 0 Å². The lowest BCUT2D eigenvalue weighted by Crippen LogP contribution is -2.44. The molecule has 1 heterocycles. The summed E-state index contributed by atoms with van der Waals surface area (Å²) < 4.78 is 3.10. The average molecular weight is 255 g/mol. The predicted molar refractivity (Wildman–Crippen MR) is 76.4 cm³/mol. The number of likely N-dealkylation sites (N-methyl/N-ethyl adjacent to an activating group) is 1. The first-order valence-corrected chi connectivity index (χ1v) is 7.26. The van der Waals surface area contributed by atoms with Crippen LogP contribution in [0.4, 0.5) is 11.4 Å². The highest BCUT2D eigenvalue weighted by Crippen LogP contribution is 2.21. The van der Waals surface area contributed by atoms with Gasteiger partial charge in [-0.15, -0.1) is 0 Å². The van der Waals surface area contributed by atoms with Crippen LogP contribution >= 0.6 is 22.6 Å². The van der Waals surface area contributed by atoms with Crippen LogP contribution in [0.15, 0.2) is 24.3 Å². The van der Waals surface area contributed by atoms with Gasteiger partial charge in [-0.3, -0.25) is 0 Å². The Balaban J connectivity index is 1.98. The molecule has 0 atom stereocenters. The standard InChI is InChI=1S/C11H17N3S2/c1-13-6-8-14(9-7-13)11-4-2-10(3-5-11)12-16-15/h2-5,12,15H,6-9H2,1H3. The van der Waals surface area contributed by atoms with Crippen LogP contribution in [0.3, 0.4) is 0 Å². The van der Waals surface area contributed by atoms with Crippen LogP contribution in [0, 0.1) is 0 Å². The van der Waals surface area contributed by atoms with Crippen LogP contribution in [-0.4, -0.2) is 38.1 Å². The van der Waals surface area contributed by atoms with Crippen molar-refractivity contribution in [1.29, 1.82) is 0 Å². The first-order chi connectivity index (χ1) is 7.79. The zero-order valence-corrected chi connectivity index (χ0v) is 11.1. The van der Waals surface area contributed by atoms with E-state index < -0.39 is 0 Å². The van der Waals surface area contributed by atoms with Gasteiger partial charge in [0.15, 0.2) is 0 Å². The molecule has 0 bridgehead atoms. The van der Waals surface area contributed by atoms with Gasteiger partial charge in [0, 0.05) is 48.5 Å². The van der Waals surface area contributed by atoms with Crippen LogP contribution in [0.1, 0.15) is 0 Å². The molecule has 0 amide bonds. The summed E-state index contributed by atoms with van der Waals surface area (Å²) in [7, 11) is 3.50. The summed E-state index contributed by atoms with van der Waals surface area (Å²) in [5.41, 5.74) is 2.40. The zero-order valence-electron chi connectivity index (χ0n) is 9.39. The molecule has 0 unspecified atom stereocenters. The molecule has 0 aliphatic carbocycles. The fourth-order valence-corrected chi connectivity index (χ4v) is 2.42. The Morgan fingerprint density at radius 2 is 1.75 bits per heavy atom. The van der Waals surface area contributed by atoms with E-state index in [1.165, 1.54) is 16.7 Å².